The van der Waals surface area contributed by atoms with Crippen LogP contribution in [0.4, 0.5) is 0 Å². The summed E-state index contributed by atoms with van der Waals surface area (Å²) in [6, 6.07) is 1.28. The van der Waals surface area contributed by atoms with E-state index < -0.39 is 8.07 Å². The maximum Gasteiger partial charge on any atom is 0.0483 e. The second kappa shape index (κ2) is 4.27. The van der Waals surface area contributed by atoms with Gasteiger partial charge in [-0.25, -0.2) is 0 Å². The van der Waals surface area contributed by atoms with Gasteiger partial charge in [0, 0.05) is 8.07 Å². The molecule has 0 bridgehead atoms. The van der Waals surface area contributed by atoms with Crippen molar-refractivity contribution >= 4 is 8.07 Å². The normalized spacial score (nSPS) is 14.5. The van der Waals surface area contributed by atoms with E-state index in [1.807, 2.05) is 6.08 Å². The molecule has 0 N–H and O–H groups in total. The lowest BCUT2D eigenvalue weighted by molar-refractivity contribution is 0.502. The van der Waals surface area contributed by atoms with Crippen molar-refractivity contribution in [1.29, 1.82) is 0 Å². The Kier molecular flexibility index (Phi) is 4.17. The molecule has 0 aromatic heterocycles. The van der Waals surface area contributed by atoms with Gasteiger partial charge in [-0.05, 0) is 11.5 Å². The van der Waals surface area contributed by atoms with Crippen LogP contribution in [0.1, 0.15) is 20.8 Å². The van der Waals surface area contributed by atoms with Crippen LogP contribution in [0, 0.1) is 5.41 Å². The van der Waals surface area contributed by atoms with Gasteiger partial charge in [0.05, 0.1) is 0 Å². The lowest BCUT2D eigenvalue weighted by atomic mass is 9.87. The van der Waals surface area contributed by atoms with Crippen molar-refractivity contribution in [2.45, 2.75) is 46.5 Å². The molecule has 1 heteroatoms. The number of allylic oxidation sites excluding steroid dienone is 3. The zero-order chi connectivity index (χ0) is 10.7. The lowest BCUT2D eigenvalue weighted by Crippen LogP contribution is -2.24. The third-order valence-corrected chi connectivity index (χ3v) is 3.44. The van der Waals surface area contributed by atoms with Crippen molar-refractivity contribution in [3.63, 3.8) is 0 Å². The second-order valence-corrected chi connectivity index (χ2v) is 11.4. The summed E-state index contributed by atoms with van der Waals surface area (Å²) in [6.07, 6.45) is 4.11. The maximum atomic E-state index is 3.78. The van der Waals surface area contributed by atoms with Gasteiger partial charge in [-0.2, -0.15) is 0 Å². The molecule has 0 nitrogen and oxygen atoms in total. The molecule has 0 aliphatic heterocycles. The molecule has 0 saturated heterocycles. The minimum absolute atomic E-state index is 0.300. The molecule has 0 fully saturated rings. The Morgan fingerprint density at radius 1 is 1.23 bits per heavy atom. The molecule has 0 saturated carbocycles. The minimum Gasteiger partial charge on any atom is -0.0991 e. The Labute approximate surface area is 84.8 Å². The molecule has 0 aliphatic carbocycles. The fraction of sp³-hybridized carbons (Fsp3) is 0.667. The van der Waals surface area contributed by atoms with Gasteiger partial charge in [0.1, 0.15) is 0 Å². The summed E-state index contributed by atoms with van der Waals surface area (Å²) in [5.41, 5.74) is 1.84. The first kappa shape index (κ1) is 12.7. The molecule has 0 heterocycles. The summed E-state index contributed by atoms with van der Waals surface area (Å²) in [4.78, 5) is 0. The van der Waals surface area contributed by atoms with E-state index in [0.717, 1.165) is 0 Å². The van der Waals surface area contributed by atoms with Crippen LogP contribution in [0.15, 0.2) is 24.3 Å². The first-order chi connectivity index (χ1) is 5.67. The largest absolute Gasteiger partial charge is 0.0991 e. The maximum absolute atomic E-state index is 3.78. The summed E-state index contributed by atoms with van der Waals surface area (Å²) in [6.45, 7) is 17.9. The van der Waals surface area contributed by atoms with Crippen molar-refractivity contribution in [1.82, 2.24) is 0 Å². The van der Waals surface area contributed by atoms with Gasteiger partial charge in [-0.15, -0.1) is 0 Å². The molecule has 0 radical (unpaired) electrons. The van der Waals surface area contributed by atoms with E-state index in [1.54, 1.807) is 5.57 Å². The molecule has 0 amide bonds. The topological polar surface area (TPSA) is 0 Å². The fourth-order valence-corrected chi connectivity index (χ4v) is 3.08. The van der Waals surface area contributed by atoms with E-state index in [9.17, 15) is 0 Å². The van der Waals surface area contributed by atoms with Crippen molar-refractivity contribution in [3.8, 4) is 0 Å². The highest BCUT2D eigenvalue weighted by molar-refractivity contribution is 6.76. The summed E-state index contributed by atoms with van der Waals surface area (Å²) < 4.78 is 0. The zero-order valence-electron chi connectivity index (χ0n) is 10.1. The van der Waals surface area contributed by atoms with Crippen LogP contribution < -0.4 is 0 Å². The second-order valence-electron chi connectivity index (χ2n) is 5.92. The Morgan fingerprint density at radius 2 is 1.69 bits per heavy atom. The van der Waals surface area contributed by atoms with Crippen molar-refractivity contribution in [2.24, 2.45) is 5.41 Å². The highest BCUT2D eigenvalue weighted by Gasteiger charge is 2.23. The van der Waals surface area contributed by atoms with Crippen LogP contribution in [0.5, 0.6) is 0 Å². The average molecular weight is 196 g/mol. The van der Waals surface area contributed by atoms with E-state index in [1.165, 1.54) is 6.04 Å². The number of hydrogen-bond acceptors (Lipinski definition) is 0. The molecule has 0 atom stereocenters. The molecule has 0 spiro atoms. The smallest absolute Gasteiger partial charge is 0.0483 e. The first-order valence-corrected chi connectivity index (χ1v) is 8.69. The van der Waals surface area contributed by atoms with E-state index in [0.29, 0.717) is 5.41 Å². The molecule has 76 valence electrons. The van der Waals surface area contributed by atoms with E-state index in [-0.39, 0.29) is 0 Å². The Bertz CT molecular complexity index is 198. The van der Waals surface area contributed by atoms with Gasteiger partial charge in [-0.3, -0.25) is 0 Å². The lowest BCUT2D eigenvalue weighted by Gasteiger charge is -2.28. The van der Waals surface area contributed by atoms with Crippen molar-refractivity contribution < 1.29 is 0 Å². The first-order valence-electron chi connectivity index (χ1n) is 4.99. The van der Waals surface area contributed by atoms with Crippen LogP contribution in [0.25, 0.3) is 0 Å². The quantitative estimate of drug-likeness (QED) is 0.461. The molecule has 0 aromatic rings. The van der Waals surface area contributed by atoms with Gasteiger partial charge in [0.25, 0.3) is 0 Å². The predicted molar refractivity (Wildman–Crippen MR) is 65.9 cm³/mol. The standard InChI is InChI=1S/C12H24Si/c1-8-9-11(12(2,3)4)10-13(5,6)7/h8-9H,1,10H2,2-7H3/b11-9-. The Morgan fingerprint density at radius 3 is 1.92 bits per heavy atom. The Hall–Kier alpha value is -0.303. The van der Waals surface area contributed by atoms with Crippen molar-refractivity contribution in [3.05, 3.63) is 24.3 Å². The Balaban J connectivity index is 4.67. The third kappa shape index (κ3) is 5.86. The predicted octanol–water partition coefficient (Wildman–Crippen LogP) is 4.48. The van der Waals surface area contributed by atoms with Gasteiger partial charge < -0.3 is 0 Å². The zero-order valence-corrected chi connectivity index (χ0v) is 11.1. The molecule has 0 aliphatic rings. The van der Waals surface area contributed by atoms with Crippen LogP contribution in [0.3, 0.4) is 0 Å². The highest BCUT2D eigenvalue weighted by atomic mass is 28.3. The highest BCUT2D eigenvalue weighted by Crippen LogP contribution is 2.32. The van der Waals surface area contributed by atoms with Crippen LogP contribution >= 0.6 is 0 Å². The fourth-order valence-electron chi connectivity index (χ4n) is 1.29. The van der Waals surface area contributed by atoms with Crippen LogP contribution in [-0.4, -0.2) is 8.07 Å². The van der Waals surface area contributed by atoms with E-state index in [4.69, 9.17) is 0 Å². The summed E-state index contributed by atoms with van der Waals surface area (Å²) in [5, 5.41) is 0. The SMILES string of the molecule is C=C/C=C(/C[Si](C)(C)C)C(C)(C)C. The minimum atomic E-state index is -0.983. The molecule has 0 aromatic carbocycles. The molecule has 0 unspecified atom stereocenters. The van der Waals surface area contributed by atoms with Gasteiger partial charge in [0.15, 0.2) is 0 Å². The monoisotopic (exact) mass is 196 g/mol. The molecular weight excluding hydrogens is 172 g/mol. The summed E-state index contributed by atoms with van der Waals surface area (Å²) in [5.74, 6) is 0. The molecular formula is C12H24Si. The number of rotatable bonds is 3. The molecule has 0 rings (SSSR count). The number of hydrogen-bond donors (Lipinski definition) is 0. The van der Waals surface area contributed by atoms with Gasteiger partial charge in [-0.1, -0.05) is 64.7 Å². The summed E-state index contributed by atoms with van der Waals surface area (Å²) in [7, 11) is -0.983. The average Bonchev–Trinajstić information content (AvgIpc) is 1.81. The summed E-state index contributed by atoms with van der Waals surface area (Å²) >= 11 is 0. The van der Waals surface area contributed by atoms with Crippen LogP contribution in [-0.2, 0) is 0 Å². The molecule has 13 heavy (non-hydrogen) atoms. The van der Waals surface area contributed by atoms with Crippen molar-refractivity contribution in [2.75, 3.05) is 0 Å². The van der Waals surface area contributed by atoms with E-state index >= 15 is 0 Å². The van der Waals surface area contributed by atoms with E-state index in [2.05, 4.69) is 53.1 Å². The van der Waals surface area contributed by atoms with Gasteiger partial charge >= 0.3 is 0 Å². The van der Waals surface area contributed by atoms with Gasteiger partial charge in [0.2, 0.25) is 0 Å². The third-order valence-electron chi connectivity index (χ3n) is 2.00. The van der Waals surface area contributed by atoms with Crippen LogP contribution in [0.2, 0.25) is 25.7 Å².